The monoisotopic (exact) mass is 1020 g/mol. The maximum absolute atomic E-state index is 10.2. The molecule has 0 aromatic heterocycles. The van der Waals surface area contributed by atoms with Crippen molar-refractivity contribution in [2.24, 2.45) is 16.2 Å². The van der Waals surface area contributed by atoms with Gasteiger partial charge in [-0.25, -0.2) is 0 Å². The zero-order valence-corrected chi connectivity index (χ0v) is 49.1. The average molecular weight is 1020 g/mol. The largest absolute Gasteiger partial charge is 0.298 e. The minimum Gasteiger partial charge on any atom is -0.298 e. The molecule has 0 unspecified atom stereocenters. The Balaban J connectivity index is 0. The third-order valence-corrected chi connectivity index (χ3v) is 15.2. The van der Waals surface area contributed by atoms with Gasteiger partial charge in [0.1, 0.15) is 12.6 Å². The third-order valence-electron chi connectivity index (χ3n) is 13.6. The molecule has 0 aliphatic heterocycles. The van der Waals surface area contributed by atoms with E-state index in [9.17, 15) is 9.59 Å². The van der Waals surface area contributed by atoms with Crippen molar-refractivity contribution in [3.63, 3.8) is 0 Å². The van der Waals surface area contributed by atoms with Crippen molar-refractivity contribution in [3.8, 4) is 0 Å². The number of hydrogen-bond acceptors (Lipinski definition) is 4. The maximum atomic E-state index is 10.2. The number of hydrogen-bond donors (Lipinski definition) is 0. The van der Waals surface area contributed by atoms with E-state index >= 15 is 0 Å². The predicted molar refractivity (Wildman–Crippen MR) is 334 cm³/mol. The van der Waals surface area contributed by atoms with Crippen molar-refractivity contribution in [1.82, 2.24) is 0 Å². The van der Waals surface area contributed by atoms with Crippen LogP contribution < -0.4 is 0 Å². The summed E-state index contributed by atoms with van der Waals surface area (Å²) in [4.78, 5) is 20.4. The number of thioether (sulfide) groups is 2. The number of carbonyl (C=O) groups excluding carboxylic acids is 2. The highest BCUT2D eigenvalue weighted by Crippen LogP contribution is 2.43. The average Bonchev–Trinajstić information content (AvgIpc) is 3.28. The second-order valence-corrected chi connectivity index (χ2v) is 23.9. The second-order valence-electron chi connectivity index (χ2n) is 21.8. The van der Waals surface area contributed by atoms with Gasteiger partial charge < -0.3 is 0 Å². The first-order valence-corrected chi connectivity index (χ1v) is 28.5. The van der Waals surface area contributed by atoms with Gasteiger partial charge in [-0.15, -0.1) is 0 Å². The zero-order valence-electron chi connectivity index (χ0n) is 47.5. The van der Waals surface area contributed by atoms with Gasteiger partial charge in [0.25, 0.3) is 0 Å². The SMILES string of the molecule is C.C.C/C(C=O)=C\CSC/C=C(\C)C=O.CC/C=C(C)/C=C/C1=C(C)CCCC1(C)C.CC1=C(/C=C/C(C)=C/C=C/C(C)=C/CSC/C=C(C)/C=C/C=C(C)/C=C/C2=C(C)CCCC2(C)C)C(C)(C)CCC1. The Bertz CT molecular complexity index is 2040. The minimum atomic E-state index is 0. The highest BCUT2D eigenvalue weighted by molar-refractivity contribution is 7.99. The van der Waals surface area contributed by atoms with E-state index in [1.807, 2.05) is 23.9 Å². The smallest absolute Gasteiger partial charge is 0.145 e. The molecule has 0 saturated heterocycles. The van der Waals surface area contributed by atoms with E-state index in [-0.39, 0.29) is 14.9 Å². The van der Waals surface area contributed by atoms with Gasteiger partial charge in [-0.3, -0.25) is 9.59 Å². The first kappa shape index (κ1) is 70.2. The molecule has 72 heavy (non-hydrogen) atoms. The van der Waals surface area contributed by atoms with Crippen molar-refractivity contribution in [2.45, 2.75) is 197 Å². The van der Waals surface area contributed by atoms with Gasteiger partial charge in [0, 0.05) is 23.0 Å². The Morgan fingerprint density at radius 3 is 0.986 bits per heavy atom. The standard InChI is InChI=1S/C40H58S.C16H26.C10H14O2S.2CH4/c1-31(21-23-37-35(5)19-13-27-39(37,7)8)15-11-17-33(3)25-29-41-30-26-34(4)18-12-16-32(2)22-24-38-36(6)20-14-28-40(38,9)10;1-6-8-13(2)10-11-15-14(3)9-7-12-16(15,4)5;1-9(7-11)3-5-13-6-4-10(2)8-12;;/h11-12,15-18,21-26H,13-14,19-20,27-30H2,1-10H3;8,10-11H,6-7,9,12H2,1-5H3;3-4,7-8H,5-6H2,1-2H3;2*1H4/b17-11+,18-12+,23-21+,24-22+,31-15+,32-16+,33-25+,34-26+;11-10+,13-8+;9-3+,10-4+;;. The molecular weight excluding hydrogens is 913 g/mol. The lowest BCUT2D eigenvalue weighted by Gasteiger charge is -2.33. The summed E-state index contributed by atoms with van der Waals surface area (Å²) >= 11 is 3.62. The number of carbonyl (C=O) groups is 2. The van der Waals surface area contributed by atoms with Gasteiger partial charge in [0.15, 0.2) is 0 Å². The first-order chi connectivity index (χ1) is 33.0. The Morgan fingerprint density at radius 2 is 0.708 bits per heavy atom. The fourth-order valence-electron chi connectivity index (χ4n) is 9.01. The molecule has 0 aromatic rings. The van der Waals surface area contributed by atoms with E-state index in [4.69, 9.17) is 0 Å². The van der Waals surface area contributed by atoms with Crippen molar-refractivity contribution in [2.75, 3.05) is 23.0 Å². The van der Waals surface area contributed by atoms with Crippen molar-refractivity contribution >= 4 is 36.1 Å². The molecule has 0 atom stereocenters. The fraction of sp³-hybridized carbons (Fsp3) is 0.529. The highest BCUT2D eigenvalue weighted by Gasteiger charge is 2.28. The molecule has 0 saturated carbocycles. The molecule has 0 bridgehead atoms. The topological polar surface area (TPSA) is 34.1 Å². The molecule has 3 aliphatic carbocycles. The molecular formula is C68H106O2S2. The van der Waals surface area contributed by atoms with Crippen molar-refractivity contribution < 1.29 is 9.59 Å². The number of aldehydes is 2. The molecule has 2 nitrogen and oxygen atoms in total. The van der Waals surface area contributed by atoms with Crippen LogP contribution in [0.25, 0.3) is 0 Å². The molecule has 0 fully saturated rings. The van der Waals surface area contributed by atoms with Crippen LogP contribution in [0.2, 0.25) is 0 Å². The highest BCUT2D eigenvalue weighted by atomic mass is 32.2. The third kappa shape index (κ3) is 29.7. The first-order valence-electron chi connectivity index (χ1n) is 26.2. The Morgan fingerprint density at radius 1 is 0.431 bits per heavy atom. The molecule has 0 heterocycles. The van der Waals surface area contributed by atoms with E-state index < -0.39 is 0 Å². The molecule has 402 valence electrons. The van der Waals surface area contributed by atoms with Gasteiger partial charge in [-0.05, 0) is 178 Å². The molecule has 0 aromatic carbocycles. The van der Waals surface area contributed by atoms with E-state index in [2.05, 4.69) is 195 Å². The lowest BCUT2D eigenvalue weighted by Crippen LogP contribution is -2.19. The molecule has 0 amide bonds. The van der Waals surface area contributed by atoms with Crippen LogP contribution >= 0.6 is 23.5 Å². The maximum Gasteiger partial charge on any atom is 0.145 e. The van der Waals surface area contributed by atoms with Crippen LogP contribution in [0.3, 0.4) is 0 Å². The fourth-order valence-corrected chi connectivity index (χ4v) is 10.8. The molecule has 0 spiro atoms. The van der Waals surface area contributed by atoms with E-state index in [0.29, 0.717) is 16.2 Å². The molecule has 3 rings (SSSR count). The minimum absolute atomic E-state index is 0. The number of allylic oxidation sites excluding steroid dienone is 26. The molecule has 4 heteroatoms. The summed E-state index contributed by atoms with van der Waals surface area (Å²) in [5.74, 6) is 3.69. The van der Waals surface area contributed by atoms with Crippen LogP contribution in [-0.4, -0.2) is 35.6 Å². The van der Waals surface area contributed by atoms with E-state index in [1.54, 1.807) is 47.9 Å². The van der Waals surface area contributed by atoms with Gasteiger partial charge in [-0.2, -0.15) is 23.5 Å². The predicted octanol–water partition coefficient (Wildman–Crippen LogP) is 21.5. The summed E-state index contributed by atoms with van der Waals surface area (Å²) in [6.45, 7) is 37.8. The number of rotatable bonds is 21. The normalized spacial score (nSPS) is 19.4. The lowest BCUT2D eigenvalue weighted by molar-refractivity contribution is -0.105. The summed E-state index contributed by atoms with van der Waals surface area (Å²) < 4.78 is 0. The van der Waals surface area contributed by atoms with Crippen molar-refractivity contribution in [1.29, 1.82) is 0 Å². The van der Waals surface area contributed by atoms with Gasteiger partial charge >= 0.3 is 0 Å². The van der Waals surface area contributed by atoms with E-state index in [0.717, 1.165) is 53.2 Å². The van der Waals surface area contributed by atoms with Gasteiger partial charge in [-0.1, -0.05) is 211 Å². The van der Waals surface area contributed by atoms with Crippen LogP contribution in [0.15, 0.2) is 176 Å². The summed E-state index contributed by atoms with van der Waals surface area (Å²) in [5, 5.41) is 0. The summed E-state index contributed by atoms with van der Waals surface area (Å²) in [7, 11) is 0. The zero-order chi connectivity index (χ0) is 52.8. The summed E-state index contributed by atoms with van der Waals surface area (Å²) in [6.07, 6.45) is 52.2. The van der Waals surface area contributed by atoms with Crippen LogP contribution in [0.1, 0.15) is 197 Å². The molecule has 0 radical (unpaired) electrons. The molecule has 0 N–H and O–H groups in total. The van der Waals surface area contributed by atoms with E-state index in [1.165, 1.54) is 96.8 Å². The molecule has 3 aliphatic rings. The lowest BCUT2D eigenvalue weighted by atomic mass is 9.72. The quantitative estimate of drug-likeness (QED) is 0.0497. The van der Waals surface area contributed by atoms with Crippen LogP contribution in [0, 0.1) is 16.2 Å². The van der Waals surface area contributed by atoms with Crippen LogP contribution in [0.5, 0.6) is 0 Å². The van der Waals surface area contributed by atoms with Crippen LogP contribution in [-0.2, 0) is 9.59 Å². The Kier molecular flexibility index (Phi) is 36.9. The Labute approximate surface area is 454 Å². The van der Waals surface area contributed by atoms with Gasteiger partial charge in [0.2, 0.25) is 0 Å². The van der Waals surface area contributed by atoms with Crippen molar-refractivity contribution in [3.05, 3.63) is 176 Å². The Hall–Kier alpha value is -3.86. The second kappa shape index (κ2) is 37.8. The van der Waals surface area contributed by atoms with Crippen LogP contribution in [0.4, 0.5) is 0 Å². The summed E-state index contributed by atoms with van der Waals surface area (Å²) in [6, 6.07) is 0. The summed E-state index contributed by atoms with van der Waals surface area (Å²) in [5.41, 5.74) is 18.4. The van der Waals surface area contributed by atoms with Gasteiger partial charge in [0.05, 0.1) is 0 Å².